The molecule has 0 radical (unpaired) electrons. The van der Waals surface area contributed by atoms with E-state index < -0.39 is 5.82 Å². The van der Waals surface area contributed by atoms with Crippen LogP contribution in [0.1, 0.15) is 13.3 Å². The number of fused-ring (bicyclic) bond motifs is 2. The third-order valence-electron chi connectivity index (χ3n) is 5.76. The van der Waals surface area contributed by atoms with Crippen LogP contribution in [-0.2, 0) is 4.79 Å². The van der Waals surface area contributed by atoms with Gasteiger partial charge >= 0.3 is 0 Å². The summed E-state index contributed by atoms with van der Waals surface area (Å²) in [7, 11) is 0. The van der Waals surface area contributed by atoms with E-state index in [-0.39, 0.29) is 16.6 Å². The Morgan fingerprint density at radius 3 is 2.81 bits per heavy atom. The normalized spacial score (nSPS) is 11.4. The molecule has 5 heterocycles. The number of nitrogens with one attached hydrogen (secondary N) is 3. The number of aromatic nitrogens is 6. The minimum Gasteiger partial charge on any atom is -0.335 e. The molecule has 0 aliphatic rings. The van der Waals surface area contributed by atoms with Gasteiger partial charge in [0.1, 0.15) is 11.2 Å². The predicted octanol–water partition coefficient (Wildman–Crippen LogP) is 5.92. The third kappa shape index (κ3) is 3.79. The van der Waals surface area contributed by atoms with E-state index >= 15 is 4.39 Å². The summed E-state index contributed by atoms with van der Waals surface area (Å²) in [5, 5.41) is 10.0. The summed E-state index contributed by atoms with van der Waals surface area (Å²) in [6, 6.07) is 9.80. The summed E-state index contributed by atoms with van der Waals surface area (Å²) in [6.07, 6.45) is 5.08. The van der Waals surface area contributed by atoms with E-state index in [1.54, 1.807) is 43.6 Å². The molecule has 1 aromatic carbocycles. The van der Waals surface area contributed by atoms with Crippen LogP contribution in [0.4, 0.5) is 14.5 Å². The molecule has 0 unspecified atom stereocenters. The van der Waals surface area contributed by atoms with Gasteiger partial charge in [-0.2, -0.15) is 9.49 Å². The second kappa shape index (κ2) is 8.61. The number of carbonyl (C=O) groups is 1. The van der Waals surface area contributed by atoms with E-state index in [1.807, 2.05) is 0 Å². The minimum atomic E-state index is -0.517. The van der Waals surface area contributed by atoms with Crippen molar-refractivity contribution in [3.8, 4) is 33.1 Å². The van der Waals surface area contributed by atoms with Crippen LogP contribution < -0.4 is 5.32 Å². The molecule has 6 aromatic rings. The Kier molecular flexibility index (Phi) is 5.26. The van der Waals surface area contributed by atoms with Crippen molar-refractivity contribution < 1.29 is 13.6 Å². The molecule has 36 heavy (non-hydrogen) atoms. The Bertz CT molecular complexity index is 1770. The van der Waals surface area contributed by atoms with Crippen LogP contribution in [0.3, 0.4) is 0 Å². The fourth-order valence-electron chi connectivity index (χ4n) is 4.03. The second-order valence-electron chi connectivity index (χ2n) is 8.06. The van der Waals surface area contributed by atoms with Crippen LogP contribution in [0.15, 0.2) is 55.0 Å². The lowest BCUT2D eigenvalue weighted by Gasteiger charge is -2.07. The molecule has 0 spiro atoms. The number of imidazole rings is 1. The van der Waals surface area contributed by atoms with Gasteiger partial charge in [-0.3, -0.25) is 14.9 Å². The number of amides is 1. The highest BCUT2D eigenvalue weighted by molar-refractivity contribution is 7.14. The summed E-state index contributed by atoms with van der Waals surface area (Å²) in [5.74, 6) is -0.240. The highest BCUT2D eigenvalue weighted by atomic mass is 32.1. The Morgan fingerprint density at radius 2 is 2.00 bits per heavy atom. The maximum atomic E-state index is 15.1. The average Bonchev–Trinajstić information content (AvgIpc) is 3.61. The highest BCUT2D eigenvalue weighted by Crippen LogP contribution is 2.35. The number of aromatic amines is 2. The topological polar surface area (TPSA) is 112 Å². The van der Waals surface area contributed by atoms with Crippen LogP contribution in [0.25, 0.3) is 55.2 Å². The first-order valence-corrected chi connectivity index (χ1v) is 11.9. The third-order valence-corrected chi connectivity index (χ3v) is 6.66. The summed E-state index contributed by atoms with van der Waals surface area (Å²) in [5.41, 5.74) is 4.20. The zero-order valence-corrected chi connectivity index (χ0v) is 19.6. The second-order valence-corrected chi connectivity index (χ2v) is 9.10. The van der Waals surface area contributed by atoms with Gasteiger partial charge in [-0.1, -0.05) is 6.92 Å². The van der Waals surface area contributed by atoms with Crippen molar-refractivity contribution in [3.05, 3.63) is 65.9 Å². The predicted molar refractivity (Wildman–Crippen MR) is 134 cm³/mol. The van der Waals surface area contributed by atoms with Crippen LogP contribution in [0.5, 0.6) is 0 Å². The number of anilines is 1. The molecule has 0 bridgehead atoms. The first-order valence-electron chi connectivity index (χ1n) is 11.0. The van der Waals surface area contributed by atoms with Gasteiger partial charge in [-0.15, -0.1) is 11.3 Å². The number of halogens is 2. The van der Waals surface area contributed by atoms with Gasteiger partial charge in [-0.25, -0.2) is 14.4 Å². The quantitative estimate of drug-likeness (QED) is 0.272. The Balaban J connectivity index is 1.46. The van der Waals surface area contributed by atoms with Crippen LogP contribution >= 0.6 is 11.3 Å². The molecule has 178 valence electrons. The molecule has 3 N–H and O–H groups in total. The summed E-state index contributed by atoms with van der Waals surface area (Å²) >= 11 is 1.03. The largest absolute Gasteiger partial charge is 0.335 e. The van der Waals surface area contributed by atoms with Gasteiger partial charge in [-0.05, 0) is 42.0 Å². The molecule has 0 saturated carbocycles. The summed E-state index contributed by atoms with van der Waals surface area (Å²) < 4.78 is 28.7. The summed E-state index contributed by atoms with van der Waals surface area (Å²) in [4.78, 5) is 28.8. The van der Waals surface area contributed by atoms with Gasteiger partial charge in [0.2, 0.25) is 5.91 Å². The monoisotopic (exact) mass is 501 g/mol. The molecule has 0 fully saturated rings. The molecular formula is C25H17F2N7OS. The molecule has 5 aromatic heterocycles. The number of hydrogen-bond donors (Lipinski definition) is 3. The number of rotatable bonds is 5. The molecule has 0 saturated heterocycles. The number of H-pyrrole nitrogens is 2. The van der Waals surface area contributed by atoms with E-state index in [4.69, 9.17) is 0 Å². The Labute approximate surface area is 206 Å². The van der Waals surface area contributed by atoms with Crippen LogP contribution in [0, 0.1) is 10.9 Å². The lowest BCUT2D eigenvalue weighted by Crippen LogP contribution is -2.09. The molecule has 0 aliphatic carbocycles. The fourth-order valence-corrected chi connectivity index (χ4v) is 4.79. The molecule has 0 atom stereocenters. The molecule has 11 heteroatoms. The van der Waals surface area contributed by atoms with Crippen molar-refractivity contribution in [3.63, 3.8) is 0 Å². The lowest BCUT2D eigenvalue weighted by atomic mass is 10.0. The van der Waals surface area contributed by atoms with Gasteiger partial charge in [0.05, 0.1) is 17.4 Å². The molecule has 1 amide bonds. The fraction of sp³-hybridized carbons (Fsp3) is 0.0800. The molecule has 8 nitrogen and oxygen atoms in total. The maximum absolute atomic E-state index is 15.1. The van der Waals surface area contributed by atoms with Crippen molar-refractivity contribution in [1.29, 1.82) is 0 Å². The number of benzene rings is 1. The first kappa shape index (κ1) is 22.0. The number of pyridine rings is 2. The maximum Gasteiger partial charge on any atom is 0.224 e. The van der Waals surface area contributed by atoms with Gasteiger partial charge < -0.3 is 10.3 Å². The minimum absolute atomic E-state index is 0.143. The van der Waals surface area contributed by atoms with E-state index in [0.717, 1.165) is 21.8 Å². The molecule has 6 rings (SSSR count). The van der Waals surface area contributed by atoms with Crippen molar-refractivity contribution in [2.24, 2.45) is 0 Å². The number of carbonyl (C=O) groups excluding carboxylic acids is 1. The highest BCUT2D eigenvalue weighted by Gasteiger charge is 2.19. The summed E-state index contributed by atoms with van der Waals surface area (Å²) in [6.45, 7) is 1.76. The van der Waals surface area contributed by atoms with Crippen LogP contribution in [-0.4, -0.2) is 36.0 Å². The number of hydrogen-bond acceptors (Lipinski definition) is 6. The number of nitrogens with zero attached hydrogens (tertiary/aromatic N) is 4. The average molecular weight is 502 g/mol. The van der Waals surface area contributed by atoms with Gasteiger partial charge in [0, 0.05) is 40.2 Å². The Hall–Kier alpha value is -4.51. The number of thiophene rings is 1. The molecule has 0 aliphatic heterocycles. The van der Waals surface area contributed by atoms with Crippen molar-refractivity contribution in [2.75, 3.05) is 5.32 Å². The SMILES string of the molecule is CCC(=O)Nc1cncc(-c2cc(F)c3n[nH]c(-c4nc5nccc(-c6ccc(F)s6)c5[nH]4)c3c2)c1. The van der Waals surface area contributed by atoms with E-state index in [2.05, 4.69) is 35.5 Å². The van der Waals surface area contributed by atoms with E-state index in [1.165, 1.54) is 18.3 Å². The standard InChI is InChI=1S/C25H17F2N7OS/c1-2-20(35)30-14-7-13(10-28-11-14)12-8-16-21(17(26)9-12)33-34-23(16)25-31-22-15(5-6-29-24(22)32-25)18-3-4-19(27)36-18/h3-11H,2H2,1H3,(H,30,35)(H,33,34)(H,29,31,32). The van der Waals surface area contributed by atoms with E-state index in [9.17, 15) is 9.18 Å². The smallest absolute Gasteiger partial charge is 0.224 e. The Morgan fingerprint density at radius 1 is 1.11 bits per heavy atom. The first-order chi connectivity index (χ1) is 17.5. The molecular weight excluding hydrogens is 484 g/mol. The van der Waals surface area contributed by atoms with E-state index in [0.29, 0.717) is 51.3 Å². The van der Waals surface area contributed by atoms with Crippen molar-refractivity contribution >= 4 is 45.0 Å². The zero-order valence-electron chi connectivity index (χ0n) is 18.8. The zero-order chi connectivity index (χ0) is 24.8. The van der Waals surface area contributed by atoms with Crippen LogP contribution in [0.2, 0.25) is 0 Å². The van der Waals surface area contributed by atoms with Crippen molar-refractivity contribution in [1.82, 2.24) is 30.1 Å². The van der Waals surface area contributed by atoms with Gasteiger partial charge in [0.25, 0.3) is 0 Å². The lowest BCUT2D eigenvalue weighted by molar-refractivity contribution is -0.115. The van der Waals surface area contributed by atoms with Gasteiger partial charge in [0.15, 0.2) is 22.4 Å². The van der Waals surface area contributed by atoms with Crippen molar-refractivity contribution in [2.45, 2.75) is 13.3 Å².